The second-order valence-electron chi connectivity index (χ2n) is 6.70. The molecule has 9 heteroatoms. The minimum Gasteiger partial charge on any atom is -0.461 e. The van der Waals surface area contributed by atoms with Gasteiger partial charge in [-0.05, 0) is 50.1 Å². The van der Waals surface area contributed by atoms with Crippen LogP contribution < -0.4 is 16.4 Å². The van der Waals surface area contributed by atoms with E-state index < -0.39 is 0 Å². The van der Waals surface area contributed by atoms with Gasteiger partial charge in [0.1, 0.15) is 0 Å². The first-order chi connectivity index (χ1) is 13.6. The molecule has 0 radical (unpaired) electrons. The summed E-state index contributed by atoms with van der Waals surface area (Å²) >= 11 is 0. The van der Waals surface area contributed by atoms with E-state index in [9.17, 15) is 0 Å². The first kappa shape index (κ1) is 17.8. The van der Waals surface area contributed by atoms with E-state index >= 15 is 0 Å². The molecular formula is C19H22N8O. The zero-order valence-electron chi connectivity index (χ0n) is 15.8. The van der Waals surface area contributed by atoms with Gasteiger partial charge in [0, 0.05) is 18.3 Å². The summed E-state index contributed by atoms with van der Waals surface area (Å²) in [6.07, 6.45) is 2.40. The number of aromatic nitrogens is 5. The van der Waals surface area contributed by atoms with E-state index in [4.69, 9.17) is 10.2 Å². The number of benzene rings is 1. The van der Waals surface area contributed by atoms with Crippen molar-refractivity contribution in [2.45, 2.75) is 26.3 Å². The summed E-state index contributed by atoms with van der Waals surface area (Å²) in [5.74, 6) is 1.96. The van der Waals surface area contributed by atoms with Crippen LogP contribution >= 0.6 is 0 Å². The normalized spacial score (nSPS) is 11.2. The molecule has 0 bridgehead atoms. The summed E-state index contributed by atoms with van der Waals surface area (Å²) < 4.78 is 6.71. The van der Waals surface area contributed by atoms with Crippen molar-refractivity contribution in [3.05, 3.63) is 48.2 Å². The highest BCUT2D eigenvalue weighted by atomic mass is 16.3. The molecule has 0 amide bonds. The standard InChI is InChI=1S/C19H22N8O/c1-12(2)22-14-7-5-13(6-8-14)9-10-21-18-24-17(20)27-19(25-18)23-16(26-27)15-4-3-11-28-15/h3-8,11-12,22H,9-10H2,1-2H3,(H3,20,21,23,24,25,26). The lowest BCUT2D eigenvalue weighted by Crippen LogP contribution is -2.12. The van der Waals surface area contributed by atoms with Crippen LogP contribution in [-0.4, -0.2) is 37.2 Å². The lowest BCUT2D eigenvalue weighted by atomic mass is 10.1. The topological polar surface area (TPSA) is 119 Å². The molecule has 0 saturated heterocycles. The lowest BCUT2D eigenvalue weighted by Gasteiger charge is -2.10. The minimum absolute atomic E-state index is 0.210. The summed E-state index contributed by atoms with van der Waals surface area (Å²) in [6.45, 7) is 4.91. The molecule has 9 nitrogen and oxygen atoms in total. The molecule has 0 atom stereocenters. The number of fused-ring (bicyclic) bond motifs is 1. The van der Waals surface area contributed by atoms with Crippen LogP contribution in [0.2, 0.25) is 0 Å². The SMILES string of the molecule is CC(C)Nc1ccc(CCNc2nc(N)n3nc(-c4ccco4)nc3n2)cc1. The van der Waals surface area contributed by atoms with Crippen LogP contribution in [0.1, 0.15) is 19.4 Å². The summed E-state index contributed by atoms with van der Waals surface area (Å²) in [5.41, 5.74) is 8.33. The van der Waals surface area contributed by atoms with Gasteiger partial charge in [-0.25, -0.2) is 0 Å². The van der Waals surface area contributed by atoms with E-state index in [1.807, 2.05) is 0 Å². The maximum atomic E-state index is 5.99. The maximum Gasteiger partial charge on any atom is 0.259 e. The number of nitrogens with zero attached hydrogens (tertiary/aromatic N) is 5. The fourth-order valence-electron chi connectivity index (χ4n) is 2.81. The Morgan fingerprint density at radius 3 is 2.64 bits per heavy atom. The first-order valence-electron chi connectivity index (χ1n) is 9.12. The fraction of sp³-hybridized carbons (Fsp3) is 0.263. The Labute approximate surface area is 162 Å². The maximum absolute atomic E-state index is 5.99. The molecule has 1 aromatic carbocycles. The van der Waals surface area contributed by atoms with E-state index in [0.29, 0.717) is 35.9 Å². The number of nitrogen functional groups attached to an aromatic ring is 1. The van der Waals surface area contributed by atoms with E-state index in [0.717, 1.165) is 12.1 Å². The predicted octanol–water partition coefficient (Wildman–Crippen LogP) is 2.84. The average molecular weight is 378 g/mol. The Hall–Kier alpha value is -3.62. The van der Waals surface area contributed by atoms with Gasteiger partial charge in [-0.1, -0.05) is 12.1 Å². The predicted molar refractivity (Wildman–Crippen MR) is 108 cm³/mol. The fourth-order valence-corrected chi connectivity index (χ4v) is 2.81. The molecule has 0 spiro atoms. The Kier molecular flexibility index (Phi) is 4.79. The van der Waals surface area contributed by atoms with Crippen molar-refractivity contribution in [1.82, 2.24) is 24.6 Å². The third-order valence-corrected chi connectivity index (χ3v) is 4.08. The Bertz CT molecular complexity index is 1050. The van der Waals surface area contributed by atoms with Gasteiger partial charge in [-0.15, -0.1) is 5.10 Å². The van der Waals surface area contributed by atoms with Gasteiger partial charge in [-0.2, -0.15) is 19.5 Å². The average Bonchev–Trinajstić information content (AvgIpc) is 3.32. The van der Waals surface area contributed by atoms with Crippen molar-refractivity contribution in [3.8, 4) is 11.6 Å². The first-order valence-corrected chi connectivity index (χ1v) is 9.12. The number of hydrogen-bond acceptors (Lipinski definition) is 8. The summed E-state index contributed by atoms with van der Waals surface area (Å²) in [7, 11) is 0. The Morgan fingerprint density at radius 2 is 1.93 bits per heavy atom. The zero-order chi connectivity index (χ0) is 19.5. The molecule has 0 aliphatic heterocycles. The number of hydrogen-bond donors (Lipinski definition) is 3. The van der Waals surface area contributed by atoms with Gasteiger partial charge in [0.2, 0.25) is 17.7 Å². The number of nitrogens with two attached hydrogens (primary N) is 1. The highest BCUT2D eigenvalue weighted by molar-refractivity contribution is 5.52. The molecule has 4 N–H and O–H groups in total. The van der Waals surface area contributed by atoms with Crippen LogP contribution in [0.3, 0.4) is 0 Å². The van der Waals surface area contributed by atoms with Crippen molar-refractivity contribution in [3.63, 3.8) is 0 Å². The van der Waals surface area contributed by atoms with Crippen molar-refractivity contribution < 1.29 is 4.42 Å². The molecule has 3 aromatic heterocycles. The molecule has 0 fully saturated rings. The van der Waals surface area contributed by atoms with E-state index in [2.05, 4.69) is 68.8 Å². The number of anilines is 3. The highest BCUT2D eigenvalue weighted by Crippen LogP contribution is 2.17. The number of rotatable bonds is 7. The van der Waals surface area contributed by atoms with E-state index in [1.54, 1.807) is 18.4 Å². The second kappa shape index (κ2) is 7.55. The Balaban J connectivity index is 1.42. The van der Waals surface area contributed by atoms with Gasteiger partial charge >= 0.3 is 0 Å². The second-order valence-corrected chi connectivity index (χ2v) is 6.70. The van der Waals surface area contributed by atoms with Gasteiger partial charge in [-0.3, -0.25) is 0 Å². The lowest BCUT2D eigenvalue weighted by molar-refractivity contribution is 0.577. The van der Waals surface area contributed by atoms with Crippen molar-refractivity contribution in [1.29, 1.82) is 0 Å². The van der Waals surface area contributed by atoms with E-state index in [-0.39, 0.29) is 5.95 Å². The van der Waals surface area contributed by atoms with Crippen molar-refractivity contribution in [2.24, 2.45) is 0 Å². The molecule has 4 aromatic rings. The van der Waals surface area contributed by atoms with Gasteiger partial charge in [0.15, 0.2) is 5.76 Å². The van der Waals surface area contributed by atoms with E-state index in [1.165, 1.54) is 10.1 Å². The Morgan fingerprint density at radius 1 is 1.11 bits per heavy atom. The van der Waals surface area contributed by atoms with Crippen LogP contribution in [0.4, 0.5) is 17.6 Å². The largest absolute Gasteiger partial charge is 0.461 e. The van der Waals surface area contributed by atoms with Crippen molar-refractivity contribution >= 4 is 23.4 Å². The van der Waals surface area contributed by atoms with Crippen LogP contribution in [-0.2, 0) is 6.42 Å². The molecule has 0 aliphatic carbocycles. The van der Waals surface area contributed by atoms with Gasteiger partial charge in [0.25, 0.3) is 5.78 Å². The van der Waals surface area contributed by atoms with Gasteiger partial charge < -0.3 is 20.8 Å². The third kappa shape index (κ3) is 3.88. The summed E-state index contributed by atoms with van der Waals surface area (Å²) in [6, 6.07) is 12.4. The molecule has 144 valence electrons. The molecule has 0 unspecified atom stereocenters. The molecule has 0 saturated carbocycles. The minimum atomic E-state index is 0.210. The zero-order valence-corrected chi connectivity index (χ0v) is 15.8. The summed E-state index contributed by atoms with van der Waals surface area (Å²) in [5, 5.41) is 10.9. The van der Waals surface area contributed by atoms with Crippen molar-refractivity contribution in [2.75, 3.05) is 22.9 Å². The number of furan rings is 1. The molecule has 0 aliphatic rings. The molecule has 4 rings (SSSR count). The smallest absolute Gasteiger partial charge is 0.259 e. The van der Waals surface area contributed by atoms with Crippen LogP contribution in [0.25, 0.3) is 17.4 Å². The van der Waals surface area contributed by atoms with Crippen LogP contribution in [0.15, 0.2) is 47.1 Å². The number of nitrogens with one attached hydrogen (secondary N) is 2. The van der Waals surface area contributed by atoms with Crippen LogP contribution in [0, 0.1) is 0 Å². The molecular weight excluding hydrogens is 356 g/mol. The molecule has 3 heterocycles. The highest BCUT2D eigenvalue weighted by Gasteiger charge is 2.13. The third-order valence-electron chi connectivity index (χ3n) is 4.08. The monoisotopic (exact) mass is 378 g/mol. The molecule has 28 heavy (non-hydrogen) atoms. The summed E-state index contributed by atoms with van der Waals surface area (Å²) in [4.78, 5) is 13.0. The quantitative estimate of drug-likeness (QED) is 0.449. The van der Waals surface area contributed by atoms with Gasteiger partial charge in [0.05, 0.1) is 6.26 Å². The van der Waals surface area contributed by atoms with Crippen LogP contribution in [0.5, 0.6) is 0 Å².